The number of rotatable bonds is 5. The van der Waals surface area contributed by atoms with E-state index in [1.807, 2.05) is 0 Å². The summed E-state index contributed by atoms with van der Waals surface area (Å²) >= 11 is 0. The first kappa shape index (κ1) is 19.3. The molecule has 1 heterocycles. The maximum atomic E-state index is 12.7. The van der Waals surface area contributed by atoms with Crippen molar-refractivity contribution in [3.63, 3.8) is 0 Å². The molecule has 0 spiro atoms. The third-order valence-corrected chi connectivity index (χ3v) is 6.15. The number of nitro groups is 1. The molecule has 2 amide bonds. The molecule has 1 unspecified atom stereocenters. The largest absolute Gasteiger partial charge is 0.494 e. The number of anilines is 1. The molecule has 0 saturated carbocycles. The Bertz CT molecular complexity index is 1100. The summed E-state index contributed by atoms with van der Waals surface area (Å²) in [4.78, 5) is 35.2. The van der Waals surface area contributed by atoms with E-state index in [0.717, 1.165) is 12.1 Å². The Labute approximate surface area is 159 Å². The molecule has 2 aromatic rings. The van der Waals surface area contributed by atoms with E-state index in [9.17, 15) is 28.1 Å². The van der Waals surface area contributed by atoms with Crippen molar-refractivity contribution < 1.29 is 27.7 Å². The highest BCUT2D eigenvalue weighted by atomic mass is 32.2. The number of nitro benzene ring substituents is 1. The first-order valence-corrected chi connectivity index (χ1v) is 9.43. The maximum absolute atomic E-state index is 12.7. The molecule has 146 valence electrons. The van der Waals surface area contributed by atoms with Gasteiger partial charge in [0.2, 0.25) is 5.91 Å². The number of sulfonamides is 1. The van der Waals surface area contributed by atoms with Crippen molar-refractivity contribution >= 4 is 33.2 Å². The average molecular weight is 405 g/mol. The average Bonchev–Trinajstić information content (AvgIpc) is 2.87. The van der Waals surface area contributed by atoms with E-state index in [1.54, 1.807) is 0 Å². The highest BCUT2D eigenvalue weighted by Crippen LogP contribution is 2.33. The zero-order valence-corrected chi connectivity index (χ0v) is 15.6. The van der Waals surface area contributed by atoms with E-state index in [2.05, 4.69) is 5.32 Å². The van der Waals surface area contributed by atoms with Crippen LogP contribution in [0.5, 0.6) is 5.75 Å². The second-order valence-electron chi connectivity index (χ2n) is 5.91. The molecule has 0 bridgehead atoms. The minimum Gasteiger partial charge on any atom is -0.494 e. The van der Waals surface area contributed by atoms with Gasteiger partial charge in [0.25, 0.3) is 21.6 Å². The van der Waals surface area contributed by atoms with E-state index in [-0.39, 0.29) is 27.6 Å². The van der Waals surface area contributed by atoms with Crippen LogP contribution < -0.4 is 10.1 Å². The van der Waals surface area contributed by atoms with Crippen molar-refractivity contribution in [2.45, 2.75) is 17.9 Å². The zero-order chi connectivity index (χ0) is 20.6. The van der Waals surface area contributed by atoms with Crippen molar-refractivity contribution in [1.29, 1.82) is 0 Å². The van der Waals surface area contributed by atoms with Crippen LogP contribution in [-0.2, 0) is 14.8 Å². The Morgan fingerprint density at radius 3 is 2.54 bits per heavy atom. The van der Waals surface area contributed by atoms with Gasteiger partial charge in [-0.2, -0.15) is 0 Å². The predicted molar refractivity (Wildman–Crippen MR) is 97.5 cm³/mol. The molecule has 1 N–H and O–H groups in total. The van der Waals surface area contributed by atoms with Crippen molar-refractivity contribution in [2.75, 3.05) is 12.4 Å². The molecule has 11 heteroatoms. The monoisotopic (exact) mass is 405 g/mol. The molecule has 0 aliphatic carbocycles. The molecule has 0 aromatic heterocycles. The van der Waals surface area contributed by atoms with Gasteiger partial charge in [0.1, 0.15) is 16.7 Å². The summed E-state index contributed by atoms with van der Waals surface area (Å²) in [5.74, 6) is -1.57. The van der Waals surface area contributed by atoms with Gasteiger partial charge in [-0.15, -0.1) is 0 Å². The number of nitrogens with one attached hydrogen (secondary N) is 1. The number of carbonyl (C=O) groups excluding carboxylic acids is 2. The summed E-state index contributed by atoms with van der Waals surface area (Å²) < 4.78 is 30.9. The molecule has 1 aliphatic rings. The van der Waals surface area contributed by atoms with Crippen LogP contribution in [0, 0.1) is 10.1 Å². The van der Waals surface area contributed by atoms with Gasteiger partial charge >= 0.3 is 0 Å². The summed E-state index contributed by atoms with van der Waals surface area (Å²) in [6.45, 7) is 1.27. The fraction of sp³-hybridized carbons (Fsp3) is 0.176. The lowest BCUT2D eigenvalue weighted by Gasteiger charge is -2.22. The molecule has 2 aromatic carbocycles. The number of methoxy groups -OCH3 is 1. The Balaban J connectivity index is 1.89. The SMILES string of the molecule is COc1cc([N+](=O)[O-])ccc1NC(=O)C(C)N1C(=O)c2ccccc2S1(=O)=O. The molecular formula is C17H15N3O7S. The van der Waals surface area contributed by atoms with Crippen molar-refractivity contribution in [1.82, 2.24) is 4.31 Å². The van der Waals surface area contributed by atoms with Crippen LogP contribution in [0.25, 0.3) is 0 Å². The predicted octanol–water partition coefficient (Wildman–Crippen LogP) is 1.78. The van der Waals surface area contributed by atoms with E-state index in [1.165, 1.54) is 44.4 Å². The van der Waals surface area contributed by atoms with E-state index >= 15 is 0 Å². The van der Waals surface area contributed by atoms with Crippen LogP contribution in [-0.4, -0.2) is 42.6 Å². The van der Waals surface area contributed by atoms with Crippen LogP contribution in [0.1, 0.15) is 17.3 Å². The molecular weight excluding hydrogens is 390 g/mol. The summed E-state index contributed by atoms with van der Waals surface area (Å²) in [6, 6.07) is 7.87. The number of nitrogens with zero attached hydrogens (tertiary/aromatic N) is 2. The lowest BCUT2D eigenvalue weighted by atomic mass is 10.2. The van der Waals surface area contributed by atoms with Gasteiger partial charge in [0.05, 0.1) is 29.4 Å². The topological polar surface area (TPSA) is 136 Å². The summed E-state index contributed by atoms with van der Waals surface area (Å²) in [7, 11) is -2.90. The highest BCUT2D eigenvalue weighted by molar-refractivity contribution is 7.90. The van der Waals surface area contributed by atoms with Crippen LogP contribution in [0.2, 0.25) is 0 Å². The molecule has 1 aliphatic heterocycles. The Morgan fingerprint density at radius 2 is 1.93 bits per heavy atom. The summed E-state index contributed by atoms with van der Waals surface area (Å²) in [5, 5.41) is 13.3. The molecule has 0 saturated heterocycles. The minimum absolute atomic E-state index is 0.00457. The summed E-state index contributed by atoms with van der Waals surface area (Å²) in [6.07, 6.45) is 0. The van der Waals surface area contributed by atoms with Crippen LogP contribution in [0.15, 0.2) is 47.4 Å². The molecule has 28 heavy (non-hydrogen) atoms. The number of amides is 2. The van der Waals surface area contributed by atoms with Crippen molar-refractivity contribution in [3.05, 3.63) is 58.1 Å². The van der Waals surface area contributed by atoms with Gasteiger partial charge in [-0.3, -0.25) is 19.7 Å². The number of benzene rings is 2. The van der Waals surface area contributed by atoms with Crippen molar-refractivity contribution in [3.8, 4) is 5.75 Å². The lowest BCUT2D eigenvalue weighted by Crippen LogP contribution is -2.45. The second kappa shape index (κ2) is 6.93. The molecule has 10 nitrogen and oxygen atoms in total. The number of carbonyl (C=O) groups is 2. The van der Waals surface area contributed by atoms with Crippen molar-refractivity contribution in [2.24, 2.45) is 0 Å². The highest BCUT2D eigenvalue weighted by Gasteiger charge is 2.45. The lowest BCUT2D eigenvalue weighted by molar-refractivity contribution is -0.384. The van der Waals surface area contributed by atoms with Crippen LogP contribution >= 0.6 is 0 Å². The number of hydrogen-bond acceptors (Lipinski definition) is 7. The Hall–Kier alpha value is -3.47. The van der Waals surface area contributed by atoms with E-state index in [4.69, 9.17) is 4.74 Å². The molecule has 0 radical (unpaired) electrons. The van der Waals surface area contributed by atoms with Crippen LogP contribution in [0.3, 0.4) is 0 Å². The van der Waals surface area contributed by atoms with E-state index < -0.39 is 32.8 Å². The number of non-ortho nitro benzene ring substituents is 1. The van der Waals surface area contributed by atoms with E-state index in [0.29, 0.717) is 4.31 Å². The van der Waals surface area contributed by atoms with Gasteiger partial charge in [-0.1, -0.05) is 12.1 Å². The third kappa shape index (κ3) is 3.05. The quantitative estimate of drug-likeness (QED) is 0.591. The first-order valence-electron chi connectivity index (χ1n) is 7.99. The Morgan fingerprint density at radius 1 is 1.25 bits per heavy atom. The standard InChI is InChI=1S/C17H15N3O7S/c1-10(19-17(22)12-5-3-4-6-15(12)28(19,25)26)16(21)18-13-8-7-11(20(23)24)9-14(13)27-2/h3-10H,1-2H3,(H,18,21). The number of ether oxygens (including phenoxy) is 1. The minimum atomic E-state index is -4.16. The maximum Gasteiger partial charge on any atom is 0.273 e. The normalized spacial score (nSPS) is 15.6. The zero-order valence-electron chi connectivity index (χ0n) is 14.8. The first-order chi connectivity index (χ1) is 13.2. The van der Waals surface area contributed by atoms with Gasteiger partial charge < -0.3 is 10.1 Å². The van der Waals surface area contributed by atoms with Crippen LogP contribution in [0.4, 0.5) is 11.4 Å². The molecule has 1 atom stereocenters. The van der Waals surface area contributed by atoms with Gasteiger partial charge in [0, 0.05) is 6.07 Å². The summed E-state index contributed by atoms with van der Waals surface area (Å²) in [5.41, 5.74) is -0.141. The molecule has 3 rings (SSSR count). The Kier molecular flexibility index (Phi) is 4.77. The number of hydrogen-bond donors (Lipinski definition) is 1. The van der Waals surface area contributed by atoms with Gasteiger partial charge in [-0.05, 0) is 25.1 Å². The van der Waals surface area contributed by atoms with Gasteiger partial charge in [-0.25, -0.2) is 12.7 Å². The fourth-order valence-corrected chi connectivity index (χ4v) is 4.55. The van der Waals surface area contributed by atoms with Gasteiger partial charge in [0.15, 0.2) is 0 Å². The third-order valence-electron chi connectivity index (χ3n) is 4.24. The smallest absolute Gasteiger partial charge is 0.273 e. The fourth-order valence-electron chi connectivity index (χ4n) is 2.83. The second-order valence-corrected chi connectivity index (χ2v) is 7.69. The number of fused-ring (bicyclic) bond motifs is 1. The molecule has 0 fully saturated rings.